The van der Waals surface area contributed by atoms with Gasteiger partial charge in [-0.05, 0) is 19.4 Å². The molecule has 9 heteroatoms. The van der Waals surface area contributed by atoms with Crippen LogP contribution in [0.25, 0.3) is 10.4 Å². The molecule has 0 aliphatic heterocycles. The molecule has 0 atom stereocenters. The van der Waals surface area contributed by atoms with Crippen LogP contribution in [0, 0.1) is 0 Å². The zero-order valence-electron chi connectivity index (χ0n) is 11.0. The lowest BCUT2D eigenvalue weighted by Gasteiger charge is -2.15. The van der Waals surface area contributed by atoms with Gasteiger partial charge in [0.2, 0.25) is 0 Å². The maximum atomic E-state index is 12.3. The predicted molar refractivity (Wildman–Crippen MR) is 74.4 cm³/mol. The van der Waals surface area contributed by atoms with Crippen molar-refractivity contribution < 1.29 is 13.6 Å². The minimum Gasteiger partial charge on any atom is -0.309 e. The van der Waals surface area contributed by atoms with Gasteiger partial charge >= 0.3 is 7.60 Å². The quantitative estimate of drug-likeness (QED) is 0.300. The van der Waals surface area contributed by atoms with Crippen molar-refractivity contribution >= 4 is 18.9 Å². The van der Waals surface area contributed by atoms with Crippen molar-refractivity contribution in [3.8, 4) is 0 Å². The first-order chi connectivity index (χ1) is 9.13. The summed E-state index contributed by atoms with van der Waals surface area (Å²) >= 11 is 1.45. The standard InChI is InChI=1S/C10H17N4O3PS/c1-3-16-18(15,17-4-2)7-9-8-19-10(13-9)5-6-12-14-11/h8H,3-7H2,1-2H3. The van der Waals surface area contributed by atoms with E-state index in [4.69, 9.17) is 14.6 Å². The van der Waals surface area contributed by atoms with Crippen molar-refractivity contribution in [2.24, 2.45) is 5.11 Å². The van der Waals surface area contributed by atoms with E-state index < -0.39 is 7.60 Å². The lowest BCUT2D eigenvalue weighted by atomic mass is 10.4. The molecule has 0 saturated carbocycles. The summed E-state index contributed by atoms with van der Waals surface area (Å²) in [5.41, 5.74) is 8.88. The maximum absolute atomic E-state index is 12.3. The topological polar surface area (TPSA) is 97.2 Å². The molecule has 0 saturated heterocycles. The van der Waals surface area contributed by atoms with Gasteiger partial charge in [0.1, 0.15) is 0 Å². The van der Waals surface area contributed by atoms with Crippen LogP contribution in [-0.4, -0.2) is 24.7 Å². The molecule has 1 aromatic heterocycles. The number of azide groups is 1. The molecule has 106 valence electrons. The van der Waals surface area contributed by atoms with Crippen molar-refractivity contribution in [2.75, 3.05) is 19.8 Å². The van der Waals surface area contributed by atoms with Crippen LogP contribution < -0.4 is 0 Å². The fraction of sp³-hybridized carbons (Fsp3) is 0.700. The molecular formula is C10H17N4O3PS. The van der Waals surface area contributed by atoms with E-state index in [1.807, 2.05) is 5.38 Å². The summed E-state index contributed by atoms with van der Waals surface area (Å²) in [6, 6.07) is 0. The third-order valence-electron chi connectivity index (χ3n) is 2.10. The first-order valence-corrected chi connectivity index (χ1v) is 8.56. The largest absolute Gasteiger partial charge is 0.336 e. The van der Waals surface area contributed by atoms with Crippen LogP contribution in [0.15, 0.2) is 10.5 Å². The van der Waals surface area contributed by atoms with Crippen molar-refractivity contribution in [2.45, 2.75) is 26.4 Å². The van der Waals surface area contributed by atoms with Crippen LogP contribution in [0.3, 0.4) is 0 Å². The van der Waals surface area contributed by atoms with E-state index in [-0.39, 0.29) is 6.16 Å². The molecule has 0 unspecified atom stereocenters. The SMILES string of the molecule is CCOP(=O)(Cc1csc(CCN=[N+]=[N-])n1)OCC. The second-order valence-corrected chi connectivity index (χ2v) is 6.54. The lowest BCUT2D eigenvalue weighted by molar-refractivity contribution is 0.219. The van der Waals surface area contributed by atoms with Crippen molar-refractivity contribution in [3.63, 3.8) is 0 Å². The number of aromatic nitrogens is 1. The number of nitrogens with zero attached hydrogens (tertiary/aromatic N) is 4. The normalized spacial score (nSPS) is 11.3. The summed E-state index contributed by atoms with van der Waals surface area (Å²) in [6.07, 6.45) is 0.759. The predicted octanol–water partition coefficient (Wildman–Crippen LogP) is 3.76. The Labute approximate surface area is 116 Å². The van der Waals surface area contributed by atoms with Crippen LogP contribution in [0.5, 0.6) is 0 Å². The maximum Gasteiger partial charge on any atom is 0.336 e. The van der Waals surface area contributed by atoms with E-state index in [0.717, 1.165) is 5.01 Å². The van der Waals surface area contributed by atoms with Crippen LogP contribution in [-0.2, 0) is 26.2 Å². The average Bonchev–Trinajstić information content (AvgIpc) is 2.77. The van der Waals surface area contributed by atoms with Gasteiger partial charge in [-0.1, -0.05) is 5.11 Å². The first-order valence-electron chi connectivity index (χ1n) is 5.95. The fourth-order valence-electron chi connectivity index (χ4n) is 1.45. The monoisotopic (exact) mass is 304 g/mol. The summed E-state index contributed by atoms with van der Waals surface area (Å²) in [6.45, 7) is 4.60. The molecule has 0 spiro atoms. The van der Waals surface area contributed by atoms with E-state index in [2.05, 4.69) is 15.0 Å². The molecule has 0 amide bonds. The second kappa shape index (κ2) is 8.30. The average molecular weight is 304 g/mol. The number of rotatable bonds is 9. The molecule has 0 aliphatic carbocycles. The van der Waals surface area contributed by atoms with E-state index in [9.17, 15) is 4.57 Å². The number of hydrogen-bond donors (Lipinski definition) is 0. The molecule has 1 aromatic rings. The smallest absolute Gasteiger partial charge is 0.309 e. The van der Waals surface area contributed by atoms with E-state index >= 15 is 0 Å². The van der Waals surface area contributed by atoms with Crippen LogP contribution >= 0.6 is 18.9 Å². The molecule has 7 nitrogen and oxygen atoms in total. The molecular weight excluding hydrogens is 287 g/mol. The third kappa shape index (κ3) is 5.72. The second-order valence-electron chi connectivity index (χ2n) is 3.54. The summed E-state index contributed by atoms with van der Waals surface area (Å²) in [7, 11) is -3.10. The minimum atomic E-state index is -3.10. The van der Waals surface area contributed by atoms with Gasteiger partial charge in [-0.3, -0.25) is 4.57 Å². The van der Waals surface area contributed by atoms with Crippen LogP contribution in [0.2, 0.25) is 0 Å². The highest BCUT2D eigenvalue weighted by atomic mass is 32.1. The Hall–Kier alpha value is -0.910. The fourth-order valence-corrected chi connectivity index (χ4v) is 3.96. The Bertz CT molecular complexity index is 477. The number of thiazole rings is 1. The third-order valence-corrected chi connectivity index (χ3v) is 5.07. The molecule has 0 aliphatic rings. The van der Waals surface area contributed by atoms with E-state index in [1.165, 1.54) is 11.3 Å². The highest BCUT2D eigenvalue weighted by Crippen LogP contribution is 2.51. The van der Waals surface area contributed by atoms with Crippen molar-refractivity contribution in [3.05, 3.63) is 26.5 Å². The summed E-state index contributed by atoms with van der Waals surface area (Å²) < 4.78 is 22.7. The Morgan fingerprint density at radius 2 is 2.16 bits per heavy atom. The van der Waals surface area contributed by atoms with Gasteiger partial charge in [-0.25, -0.2) is 4.98 Å². The highest BCUT2D eigenvalue weighted by molar-refractivity contribution is 7.53. The van der Waals surface area contributed by atoms with Crippen molar-refractivity contribution in [1.29, 1.82) is 0 Å². The lowest BCUT2D eigenvalue weighted by Crippen LogP contribution is -1.99. The van der Waals surface area contributed by atoms with E-state index in [1.54, 1.807) is 13.8 Å². The summed E-state index contributed by atoms with van der Waals surface area (Å²) in [5, 5.41) is 6.13. The van der Waals surface area contributed by atoms with Crippen LogP contribution in [0.4, 0.5) is 0 Å². The molecule has 1 rings (SSSR count). The van der Waals surface area contributed by atoms with Gasteiger partial charge in [0, 0.05) is 23.3 Å². The minimum absolute atomic E-state index is 0.173. The highest BCUT2D eigenvalue weighted by Gasteiger charge is 2.25. The zero-order chi connectivity index (χ0) is 14.1. The summed E-state index contributed by atoms with van der Waals surface area (Å²) in [5.74, 6) is 0. The molecule has 0 bridgehead atoms. The van der Waals surface area contributed by atoms with Crippen molar-refractivity contribution in [1.82, 2.24) is 4.98 Å². The Morgan fingerprint density at radius 3 is 2.74 bits per heavy atom. The Morgan fingerprint density at radius 1 is 1.47 bits per heavy atom. The van der Waals surface area contributed by atoms with Gasteiger partial charge in [0.15, 0.2) is 0 Å². The van der Waals surface area contributed by atoms with Gasteiger partial charge in [0.25, 0.3) is 0 Å². The zero-order valence-corrected chi connectivity index (χ0v) is 12.7. The molecule has 0 aromatic carbocycles. The van der Waals surface area contributed by atoms with Gasteiger partial charge in [-0.2, -0.15) is 0 Å². The van der Waals surface area contributed by atoms with Gasteiger partial charge in [0.05, 0.1) is 30.1 Å². The first kappa shape index (κ1) is 16.1. The van der Waals surface area contributed by atoms with Gasteiger partial charge < -0.3 is 9.05 Å². The Balaban J connectivity index is 2.64. The van der Waals surface area contributed by atoms with Crippen LogP contribution in [0.1, 0.15) is 24.5 Å². The Kier molecular flexibility index (Phi) is 7.05. The number of hydrogen-bond acceptors (Lipinski definition) is 6. The molecule has 0 fully saturated rings. The molecule has 0 N–H and O–H groups in total. The molecule has 19 heavy (non-hydrogen) atoms. The van der Waals surface area contributed by atoms with E-state index in [0.29, 0.717) is 31.9 Å². The molecule has 0 radical (unpaired) electrons. The van der Waals surface area contributed by atoms with Gasteiger partial charge in [-0.15, -0.1) is 11.3 Å². The summed E-state index contributed by atoms with van der Waals surface area (Å²) in [4.78, 5) is 7.02. The molecule has 1 heterocycles.